The van der Waals surface area contributed by atoms with Gasteiger partial charge in [0.25, 0.3) is 17.4 Å². The Morgan fingerprint density at radius 2 is 1.46 bits per heavy atom. The molecule has 1 aliphatic carbocycles. The van der Waals surface area contributed by atoms with Crippen molar-refractivity contribution in [3.05, 3.63) is 110 Å². The number of aromatic nitrogens is 2. The molecule has 4 aliphatic rings. The second-order valence-electron chi connectivity index (χ2n) is 20.2. The van der Waals surface area contributed by atoms with Gasteiger partial charge in [-0.2, -0.15) is 0 Å². The molecule has 9 amide bonds. The molecule has 2 aromatic heterocycles. The second-order valence-corrected chi connectivity index (χ2v) is 20.2. The number of hydrogen-bond acceptors (Lipinski definition) is 16. The van der Waals surface area contributed by atoms with Crippen molar-refractivity contribution in [3.63, 3.8) is 0 Å². The first-order chi connectivity index (χ1) is 39.9. The van der Waals surface area contributed by atoms with Crippen LogP contribution in [0.4, 0.5) is 4.39 Å². The summed E-state index contributed by atoms with van der Waals surface area (Å²) >= 11 is 0. The number of ether oxygens (including phenoxy) is 3. The molecule has 0 fully saturated rings. The third-order valence-electron chi connectivity index (χ3n) is 14.7. The lowest BCUT2D eigenvalue weighted by Crippen LogP contribution is -2.52. The van der Waals surface area contributed by atoms with Crippen molar-refractivity contribution in [2.75, 3.05) is 65.7 Å². The van der Waals surface area contributed by atoms with Crippen LogP contribution in [0.1, 0.15) is 90.4 Å². The van der Waals surface area contributed by atoms with Gasteiger partial charge in [-0.1, -0.05) is 37.3 Å². The molecule has 8 rings (SSSR count). The maximum atomic E-state index is 15.4. The normalized spacial score (nSPS) is 16.7. The fraction of sp³-hybridized carbons (Fsp3) is 0.439. The van der Waals surface area contributed by atoms with Crippen LogP contribution < -0.4 is 42.8 Å². The molecule has 3 atom stereocenters. The number of esters is 1. The fourth-order valence-electron chi connectivity index (χ4n) is 10.3. The summed E-state index contributed by atoms with van der Waals surface area (Å²) in [5.74, 6) is -6.06. The van der Waals surface area contributed by atoms with E-state index in [4.69, 9.17) is 19.2 Å². The lowest BCUT2D eigenvalue weighted by atomic mass is 9.81. The molecular formula is C57H65FN10O15. The monoisotopic (exact) mass is 1150 g/mol. The summed E-state index contributed by atoms with van der Waals surface area (Å²) in [5, 5.41) is 30.4. The Morgan fingerprint density at radius 1 is 0.783 bits per heavy atom. The largest absolute Gasteiger partial charge is 0.458 e. The topological polar surface area (TPSA) is 341 Å². The number of pyridine rings is 2. The van der Waals surface area contributed by atoms with E-state index in [0.717, 1.165) is 22.6 Å². The highest BCUT2D eigenvalue weighted by molar-refractivity contribution is 6.13. The molecule has 3 aliphatic heterocycles. The highest BCUT2D eigenvalue weighted by Crippen LogP contribution is 2.46. The molecular weight excluding hydrogens is 1080 g/mol. The predicted molar refractivity (Wildman–Crippen MR) is 292 cm³/mol. The van der Waals surface area contributed by atoms with Crippen LogP contribution in [0, 0.1) is 12.7 Å². The Hall–Kier alpha value is -8.75. The number of amides is 9. The van der Waals surface area contributed by atoms with Crippen LogP contribution in [0.15, 0.2) is 59.4 Å². The average Bonchev–Trinajstić information content (AvgIpc) is 4.19. The van der Waals surface area contributed by atoms with E-state index >= 15 is 4.39 Å². The summed E-state index contributed by atoms with van der Waals surface area (Å²) in [4.78, 5) is 145. The Kier molecular flexibility index (Phi) is 19.9. The number of carbonyl (C=O) groups is 10. The second kappa shape index (κ2) is 27.3. The minimum Gasteiger partial charge on any atom is -0.458 e. The highest BCUT2D eigenvalue weighted by atomic mass is 19.1. The molecule has 8 N–H and O–H groups in total. The number of benzene rings is 2. The molecule has 0 saturated carbocycles. The molecule has 25 nitrogen and oxygen atoms in total. The number of aliphatic hydroxyl groups is 1. The van der Waals surface area contributed by atoms with Crippen molar-refractivity contribution >= 4 is 70.0 Å². The summed E-state index contributed by atoms with van der Waals surface area (Å²) in [7, 11) is 0. The zero-order valence-corrected chi connectivity index (χ0v) is 45.9. The Morgan fingerprint density at radius 3 is 2.20 bits per heavy atom. The summed E-state index contributed by atoms with van der Waals surface area (Å²) in [6.07, 6.45) is 3.23. The van der Waals surface area contributed by atoms with E-state index in [2.05, 4.69) is 37.2 Å². The van der Waals surface area contributed by atoms with Gasteiger partial charge in [-0.15, -0.1) is 0 Å². The van der Waals surface area contributed by atoms with Gasteiger partial charge in [0.1, 0.15) is 18.5 Å². The first-order valence-corrected chi connectivity index (χ1v) is 27.3. The number of fused-ring (bicyclic) bond motifs is 5. The van der Waals surface area contributed by atoms with Gasteiger partial charge in [0.05, 0.1) is 81.1 Å². The van der Waals surface area contributed by atoms with E-state index in [0.29, 0.717) is 57.4 Å². The molecule has 440 valence electrons. The molecule has 0 bridgehead atoms. The van der Waals surface area contributed by atoms with Gasteiger partial charge in [0, 0.05) is 80.0 Å². The molecule has 83 heavy (non-hydrogen) atoms. The van der Waals surface area contributed by atoms with Crippen LogP contribution in [-0.4, -0.2) is 150 Å². The van der Waals surface area contributed by atoms with Crippen molar-refractivity contribution in [1.82, 2.24) is 51.7 Å². The Balaban J connectivity index is 0.740. The molecule has 0 saturated heterocycles. The van der Waals surface area contributed by atoms with Gasteiger partial charge in [0.2, 0.25) is 41.4 Å². The van der Waals surface area contributed by atoms with E-state index in [-0.39, 0.29) is 121 Å². The standard InChI is InChI=1S/C57H65FN10O15/c1-3-57(80)37-25-42-53-35(30-68(42)55(78)36(37)31-83-56(57)79)52-39(12-11-34-32(2)38(58)26-40(66-53)51(34)52)64-45(71)10-7-17-59-46(72)28-63-54(77)41(24-33-8-5-4-6-9-33)65-48(74)29-62-47(73)27-61-44(70)16-20-81-22-23-82-21-18-60-43(69)15-19-67-49(75)13-14-50(67)76/h4-6,8-9,13-14,25-26,39,41,80H,3,7,10-12,15-24,27-31H2,1-2H3,(H,59,72)(H,60,69)(H,61,70)(H,62,73)(H,63,77)(H,64,71)(H,65,74)/t39?,41-,57+/m1/s1. The molecule has 0 radical (unpaired) electrons. The van der Waals surface area contributed by atoms with Gasteiger partial charge in [0.15, 0.2) is 5.60 Å². The first kappa shape index (κ1) is 60.3. The van der Waals surface area contributed by atoms with E-state index in [9.17, 15) is 57.8 Å². The number of aryl methyl sites for hydroxylation is 1. The fourth-order valence-corrected chi connectivity index (χ4v) is 10.3. The van der Waals surface area contributed by atoms with E-state index in [1.54, 1.807) is 50.2 Å². The summed E-state index contributed by atoms with van der Waals surface area (Å²) in [5.41, 5.74) is 2.09. The Labute approximate surface area is 474 Å². The number of halogens is 1. The lowest BCUT2D eigenvalue weighted by molar-refractivity contribution is -0.172. The van der Waals surface area contributed by atoms with Crippen LogP contribution in [0.25, 0.3) is 22.3 Å². The van der Waals surface area contributed by atoms with Gasteiger partial charge >= 0.3 is 5.97 Å². The quantitative estimate of drug-likeness (QED) is 0.0177. The van der Waals surface area contributed by atoms with E-state index in [1.165, 1.54) is 10.6 Å². The summed E-state index contributed by atoms with van der Waals surface area (Å²) in [6.45, 7) is 2.39. The molecule has 0 spiro atoms. The van der Waals surface area contributed by atoms with E-state index in [1.807, 2.05) is 0 Å². The van der Waals surface area contributed by atoms with Crippen molar-refractivity contribution in [3.8, 4) is 11.4 Å². The Bertz CT molecular complexity index is 3310. The molecule has 5 heterocycles. The predicted octanol–water partition coefficient (Wildman–Crippen LogP) is -0.542. The number of carbonyl (C=O) groups excluding carboxylic acids is 10. The minimum atomic E-state index is -2.05. The smallest absolute Gasteiger partial charge is 0.343 e. The average molecular weight is 1150 g/mol. The van der Waals surface area contributed by atoms with E-state index < -0.39 is 96.0 Å². The summed E-state index contributed by atoms with van der Waals surface area (Å²) in [6, 6.07) is 9.98. The zero-order chi connectivity index (χ0) is 59.4. The lowest BCUT2D eigenvalue weighted by Gasteiger charge is -2.31. The van der Waals surface area contributed by atoms with Crippen LogP contribution in [0.5, 0.6) is 0 Å². The van der Waals surface area contributed by atoms with Gasteiger partial charge in [-0.25, -0.2) is 14.2 Å². The third kappa shape index (κ3) is 14.5. The SMILES string of the molecule is CC[C@@]1(O)C(=O)OCc2c1cc1n(c2=O)Cc2c-1nc1cc(F)c(C)c3c1c2C(NC(=O)CCCNC(=O)CNC(=O)[C@@H](Cc1ccccc1)NC(=O)CNC(=O)CNC(=O)CCOCCOCCNC(=O)CCN1C(=O)C=CC1=O)CC3. The van der Waals surface area contributed by atoms with Crippen LogP contribution in [-0.2, 0) is 93.8 Å². The number of rotatable bonds is 28. The highest BCUT2D eigenvalue weighted by Gasteiger charge is 2.46. The first-order valence-electron chi connectivity index (χ1n) is 27.3. The molecule has 4 aromatic rings. The number of imide groups is 1. The van der Waals surface area contributed by atoms with Gasteiger partial charge in [-0.3, -0.25) is 52.8 Å². The van der Waals surface area contributed by atoms with Crippen LogP contribution in [0.3, 0.4) is 0 Å². The van der Waals surface area contributed by atoms with Gasteiger partial charge < -0.3 is 61.1 Å². The number of cyclic esters (lactones) is 1. The molecule has 2 aromatic carbocycles. The minimum absolute atomic E-state index is 0.00336. The maximum absolute atomic E-state index is 15.4. The summed E-state index contributed by atoms with van der Waals surface area (Å²) < 4.78 is 32.9. The van der Waals surface area contributed by atoms with Crippen molar-refractivity contribution in [1.29, 1.82) is 0 Å². The maximum Gasteiger partial charge on any atom is 0.343 e. The molecule has 1 unspecified atom stereocenters. The third-order valence-corrected chi connectivity index (χ3v) is 14.7. The number of nitrogens with one attached hydrogen (secondary N) is 7. The number of nitrogens with zero attached hydrogens (tertiary/aromatic N) is 3. The van der Waals surface area contributed by atoms with Crippen molar-refractivity contribution < 1.29 is 71.7 Å². The molecule has 26 heteroatoms. The zero-order valence-electron chi connectivity index (χ0n) is 45.9. The van der Waals surface area contributed by atoms with Gasteiger partial charge in [-0.05, 0) is 60.9 Å². The van der Waals surface area contributed by atoms with Crippen LogP contribution >= 0.6 is 0 Å². The van der Waals surface area contributed by atoms with Crippen LogP contribution in [0.2, 0.25) is 0 Å². The number of hydrogen-bond donors (Lipinski definition) is 8. The van der Waals surface area contributed by atoms with Crippen molar-refractivity contribution in [2.45, 2.75) is 96.1 Å². The van der Waals surface area contributed by atoms with Crippen molar-refractivity contribution in [2.24, 2.45) is 0 Å².